The quantitative estimate of drug-likeness (QED) is 0.503. The Balaban J connectivity index is 1.38. The van der Waals surface area contributed by atoms with Crippen LogP contribution in [-0.2, 0) is 29.2 Å². The molecule has 3 N–H and O–H groups in total. The van der Waals surface area contributed by atoms with E-state index in [1.807, 2.05) is 54.0 Å². The lowest BCUT2D eigenvalue weighted by molar-refractivity contribution is -0.115. The van der Waals surface area contributed by atoms with Crippen molar-refractivity contribution < 1.29 is 14.3 Å². The molecule has 0 unspecified atom stereocenters. The van der Waals surface area contributed by atoms with Gasteiger partial charge in [-0.15, -0.1) is 0 Å². The Hall–Kier alpha value is -3.91. The highest BCUT2D eigenvalue weighted by molar-refractivity contribution is 5.93. The third-order valence-corrected chi connectivity index (χ3v) is 5.70. The molecule has 8 nitrogen and oxygen atoms in total. The van der Waals surface area contributed by atoms with Gasteiger partial charge in [0.1, 0.15) is 23.1 Å². The first-order chi connectivity index (χ1) is 15.5. The van der Waals surface area contributed by atoms with E-state index in [1.54, 1.807) is 7.11 Å². The van der Waals surface area contributed by atoms with Crippen LogP contribution in [0.2, 0.25) is 0 Å². The molecule has 0 spiro atoms. The number of carbonyl (C=O) groups excluding carboxylic acids is 1. The Morgan fingerprint density at radius 2 is 2.00 bits per heavy atom. The Labute approximate surface area is 185 Å². The zero-order valence-electron chi connectivity index (χ0n) is 17.9. The van der Waals surface area contributed by atoms with E-state index >= 15 is 0 Å². The lowest BCUT2D eigenvalue weighted by atomic mass is 10.1. The number of rotatable bonds is 5. The Kier molecular flexibility index (Phi) is 4.99. The van der Waals surface area contributed by atoms with Crippen molar-refractivity contribution in [3.8, 4) is 11.4 Å². The molecule has 8 heteroatoms. The number of benzene rings is 2. The fraction of sp³-hybridized carbons (Fsp3) is 0.208. The number of nitrogen functional groups attached to an aromatic ring is 1. The Morgan fingerprint density at radius 3 is 2.75 bits per heavy atom. The highest BCUT2D eigenvalue weighted by Crippen LogP contribution is 2.35. The van der Waals surface area contributed by atoms with Crippen LogP contribution in [0.1, 0.15) is 22.4 Å². The SMILES string of the molecule is COc1ccc(CC(=O)Nc2ccc(-n3c4c(c5ncnc(N)c53)COC4)cc2)cc1C. The number of methoxy groups -OCH3 is 1. The van der Waals surface area contributed by atoms with E-state index in [4.69, 9.17) is 15.2 Å². The maximum atomic E-state index is 12.5. The minimum absolute atomic E-state index is 0.0827. The lowest BCUT2D eigenvalue weighted by Crippen LogP contribution is -2.14. The molecule has 1 aliphatic heterocycles. The number of aryl methyl sites for hydroxylation is 1. The Morgan fingerprint density at radius 1 is 1.19 bits per heavy atom. The van der Waals surface area contributed by atoms with Gasteiger partial charge >= 0.3 is 0 Å². The number of nitrogens with one attached hydrogen (secondary N) is 1. The highest BCUT2D eigenvalue weighted by atomic mass is 16.5. The van der Waals surface area contributed by atoms with Crippen LogP contribution in [0.15, 0.2) is 48.8 Å². The third-order valence-electron chi connectivity index (χ3n) is 5.70. The topological polar surface area (TPSA) is 104 Å². The number of nitrogens with two attached hydrogens (primary N) is 1. The molecule has 0 saturated carbocycles. The van der Waals surface area contributed by atoms with Crippen LogP contribution in [0.25, 0.3) is 16.7 Å². The molecule has 1 aliphatic rings. The van der Waals surface area contributed by atoms with Gasteiger partial charge in [-0.25, -0.2) is 9.97 Å². The van der Waals surface area contributed by atoms with Gasteiger partial charge in [-0.05, 0) is 48.4 Å². The molecule has 2 aromatic carbocycles. The molecule has 0 bridgehead atoms. The van der Waals surface area contributed by atoms with E-state index in [-0.39, 0.29) is 12.3 Å². The number of carbonyl (C=O) groups is 1. The summed E-state index contributed by atoms with van der Waals surface area (Å²) in [5.41, 5.74) is 13.4. The molecule has 162 valence electrons. The maximum absolute atomic E-state index is 12.5. The summed E-state index contributed by atoms with van der Waals surface area (Å²) in [6.45, 7) is 2.96. The van der Waals surface area contributed by atoms with Gasteiger partial charge < -0.3 is 25.1 Å². The van der Waals surface area contributed by atoms with E-state index in [2.05, 4.69) is 15.3 Å². The number of amides is 1. The molecule has 0 atom stereocenters. The zero-order valence-corrected chi connectivity index (χ0v) is 17.9. The number of aromatic nitrogens is 3. The normalized spacial score (nSPS) is 12.7. The number of nitrogens with zero attached hydrogens (tertiary/aromatic N) is 3. The second-order valence-corrected chi connectivity index (χ2v) is 7.79. The number of ether oxygens (including phenoxy) is 2. The number of fused-ring (bicyclic) bond motifs is 3. The molecule has 0 radical (unpaired) electrons. The summed E-state index contributed by atoms with van der Waals surface area (Å²) in [4.78, 5) is 21.1. The molecule has 0 aliphatic carbocycles. The van der Waals surface area contributed by atoms with E-state index in [9.17, 15) is 4.79 Å². The van der Waals surface area contributed by atoms with Gasteiger partial charge in [0.2, 0.25) is 5.91 Å². The molecule has 32 heavy (non-hydrogen) atoms. The van der Waals surface area contributed by atoms with Crippen molar-refractivity contribution in [3.05, 3.63) is 71.2 Å². The van der Waals surface area contributed by atoms with Crippen molar-refractivity contribution in [1.82, 2.24) is 14.5 Å². The smallest absolute Gasteiger partial charge is 0.228 e. The predicted molar refractivity (Wildman–Crippen MR) is 122 cm³/mol. The van der Waals surface area contributed by atoms with Crippen molar-refractivity contribution in [3.63, 3.8) is 0 Å². The molecule has 0 fully saturated rings. The summed E-state index contributed by atoms with van der Waals surface area (Å²) in [6, 6.07) is 13.4. The second kappa shape index (κ2) is 7.97. The van der Waals surface area contributed by atoms with E-state index in [0.717, 1.165) is 50.5 Å². The van der Waals surface area contributed by atoms with Gasteiger partial charge in [0.15, 0.2) is 5.82 Å². The van der Waals surface area contributed by atoms with Crippen LogP contribution < -0.4 is 15.8 Å². The van der Waals surface area contributed by atoms with Crippen LogP contribution in [0, 0.1) is 6.92 Å². The van der Waals surface area contributed by atoms with Gasteiger partial charge in [0.05, 0.1) is 32.4 Å². The van der Waals surface area contributed by atoms with Crippen LogP contribution in [0.4, 0.5) is 11.5 Å². The average Bonchev–Trinajstić information content (AvgIpc) is 3.36. The van der Waals surface area contributed by atoms with Crippen molar-refractivity contribution >= 4 is 28.4 Å². The average molecular weight is 429 g/mol. The van der Waals surface area contributed by atoms with Crippen LogP contribution >= 0.6 is 0 Å². The van der Waals surface area contributed by atoms with Crippen molar-refractivity contribution in [1.29, 1.82) is 0 Å². The molecular weight excluding hydrogens is 406 g/mol. The van der Waals surface area contributed by atoms with Crippen LogP contribution in [0.5, 0.6) is 5.75 Å². The van der Waals surface area contributed by atoms with E-state index in [1.165, 1.54) is 6.33 Å². The third kappa shape index (κ3) is 3.44. The monoisotopic (exact) mass is 429 g/mol. The predicted octanol–water partition coefficient (Wildman–Crippen LogP) is 3.53. The van der Waals surface area contributed by atoms with Crippen molar-refractivity contribution in [2.75, 3.05) is 18.2 Å². The maximum Gasteiger partial charge on any atom is 0.228 e. The summed E-state index contributed by atoms with van der Waals surface area (Å²) < 4.78 is 13.0. The van der Waals surface area contributed by atoms with E-state index in [0.29, 0.717) is 19.0 Å². The summed E-state index contributed by atoms with van der Waals surface area (Å²) in [7, 11) is 1.64. The molecule has 0 saturated heterocycles. The highest BCUT2D eigenvalue weighted by Gasteiger charge is 2.25. The van der Waals surface area contributed by atoms with Gasteiger partial charge in [-0.3, -0.25) is 4.79 Å². The van der Waals surface area contributed by atoms with Crippen LogP contribution in [-0.4, -0.2) is 27.6 Å². The molecule has 1 amide bonds. The first-order valence-electron chi connectivity index (χ1n) is 10.3. The minimum Gasteiger partial charge on any atom is -0.496 e. The number of hydrogen-bond donors (Lipinski definition) is 2. The summed E-state index contributed by atoms with van der Waals surface area (Å²) in [6.07, 6.45) is 1.76. The van der Waals surface area contributed by atoms with Gasteiger partial charge in [-0.1, -0.05) is 12.1 Å². The molecule has 3 heterocycles. The summed E-state index contributed by atoms with van der Waals surface area (Å²) in [5, 5.41) is 2.96. The zero-order chi connectivity index (χ0) is 22.2. The fourth-order valence-electron chi connectivity index (χ4n) is 4.21. The molecule has 4 aromatic rings. The summed E-state index contributed by atoms with van der Waals surface area (Å²) >= 11 is 0. The fourth-order valence-corrected chi connectivity index (χ4v) is 4.21. The second-order valence-electron chi connectivity index (χ2n) is 7.79. The number of anilines is 2. The number of hydrogen-bond acceptors (Lipinski definition) is 6. The minimum atomic E-state index is -0.0827. The molecular formula is C24H23N5O3. The molecule has 5 rings (SSSR count). The van der Waals surface area contributed by atoms with Gasteiger partial charge in [-0.2, -0.15) is 0 Å². The lowest BCUT2D eigenvalue weighted by Gasteiger charge is -2.12. The first-order valence-corrected chi connectivity index (χ1v) is 10.3. The van der Waals surface area contributed by atoms with E-state index < -0.39 is 0 Å². The van der Waals surface area contributed by atoms with Crippen molar-refractivity contribution in [2.45, 2.75) is 26.6 Å². The van der Waals surface area contributed by atoms with Gasteiger partial charge in [0.25, 0.3) is 0 Å². The van der Waals surface area contributed by atoms with Crippen LogP contribution in [0.3, 0.4) is 0 Å². The molecule has 2 aromatic heterocycles. The summed E-state index contributed by atoms with van der Waals surface area (Å²) in [5.74, 6) is 1.16. The van der Waals surface area contributed by atoms with Gasteiger partial charge in [0, 0.05) is 16.9 Å². The van der Waals surface area contributed by atoms with Crippen molar-refractivity contribution in [2.24, 2.45) is 0 Å². The Bertz CT molecular complexity index is 1330. The largest absolute Gasteiger partial charge is 0.496 e. The standard InChI is InChI=1S/C24H23N5O3/c1-14-9-15(3-8-20(14)31-2)10-21(30)28-16-4-6-17(7-5-16)29-19-12-32-11-18(19)22-23(29)24(25)27-13-26-22/h3-9,13H,10-12H2,1-2H3,(H,28,30)(H2,25,26,27). The first kappa shape index (κ1) is 20.0.